The summed E-state index contributed by atoms with van der Waals surface area (Å²) in [5, 5.41) is 3.91. The Kier molecular flexibility index (Phi) is 4.49. The first-order valence-electron chi connectivity index (χ1n) is 5.88. The van der Waals surface area contributed by atoms with Crippen LogP contribution in [0.3, 0.4) is 0 Å². The van der Waals surface area contributed by atoms with Crippen molar-refractivity contribution in [1.82, 2.24) is 5.32 Å². The maximum absolute atomic E-state index is 6.09. The lowest BCUT2D eigenvalue weighted by atomic mass is 10.1. The van der Waals surface area contributed by atoms with Gasteiger partial charge in [0, 0.05) is 10.0 Å². The van der Waals surface area contributed by atoms with Crippen LogP contribution in [0.25, 0.3) is 11.3 Å². The highest BCUT2D eigenvalue weighted by Crippen LogP contribution is 2.35. The molecule has 0 spiro atoms. The minimum absolute atomic E-state index is 0.247. The van der Waals surface area contributed by atoms with Crippen LogP contribution < -0.4 is 5.32 Å². The summed E-state index contributed by atoms with van der Waals surface area (Å²) in [4.78, 5) is 0. The number of hydrogen-bond donors (Lipinski definition) is 1. The van der Waals surface area contributed by atoms with Crippen LogP contribution in [0.15, 0.2) is 39.2 Å². The maximum Gasteiger partial charge on any atom is 0.135 e. The van der Waals surface area contributed by atoms with Crippen molar-refractivity contribution in [2.24, 2.45) is 0 Å². The minimum atomic E-state index is 0.247. The molecule has 0 aliphatic heterocycles. The molecule has 0 aliphatic carbocycles. The van der Waals surface area contributed by atoms with Crippen LogP contribution in [0.5, 0.6) is 0 Å². The average Bonchev–Trinajstić information content (AvgIpc) is 2.84. The number of nitrogens with one attached hydrogen (secondary N) is 1. The quantitative estimate of drug-likeness (QED) is 0.851. The first kappa shape index (κ1) is 13.7. The van der Waals surface area contributed by atoms with Gasteiger partial charge in [-0.05, 0) is 53.7 Å². The van der Waals surface area contributed by atoms with E-state index >= 15 is 0 Å². The number of furan rings is 1. The molecule has 1 aromatic heterocycles. The largest absolute Gasteiger partial charge is 0.459 e. The summed E-state index contributed by atoms with van der Waals surface area (Å²) in [6.45, 7) is 2.12. The second-order valence-corrected chi connectivity index (χ2v) is 5.25. The van der Waals surface area contributed by atoms with Crippen molar-refractivity contribution in [2.75, 3.05) is 7.05 Å². The molecule has 1 aromatic carbocycles. The zero-order valence-corrected chi connectivity index (χ0v) is 12.7. The van der Waals surface area contributed by atoms with E-state index in [0.29, 0.717) is 5.02 Å². The molecular formula is C14H15BrClNO. The van der Waals surface area contributed by atoms with Gasteiger partial charge in [0.15, 0.2) is 0 Å². The zero-order valence-electron chi connectivity index (χ0n) is 10.3. The lowest BCUT2D eigenvalue weighted by Crippen LogP contribution is -2.14. The van der Waals surface area contributed by atoms with Crippen LogP contribution in [-0.2, 0) is 0 Å². The number of halogens is 2. The Morgan fingerprint density at radius 3 is 2.78 bits per heavy atom. The predicted molar refractivity (Wildman–Crippen MR) is 78.9 cm³/mol. The molecule has 2 rings (SSSR count). The Bertz CT molecular complexity index is 534. The molecule has 2 aromatic rings. The molecule has 0 radical (unpaired) electrons. The molecule has 1 unspecified atom stereocenters. The van der Waals surface area contributed by atoms with Crippen molar-refractivity contribution in [2.45, 2.75) is 19.4 Å². The maximum atomic E-state index is 6.09. The molecule has 1 N–H and O–H groups in total. The van der Waals surface area contributed by atoms with E-state index in [4.69, 9.17) is 16.0 Å². The molecule has 0 saturated carbocycles. The molecule has 96 valence electrons. The van der Waals surface area contributed by atoms with Crippen LogP contribution in [0.1, 0.15) is 25.1 Å². The van der Waals surface area contributed by atoms with Crippen LogP contribution in [0.2, 0.25) is 5.02 Å². The Hall–Kier alpha value is -0.770. The van der Waals surface area contributed by atoms with Crippen molar-refractivity contribution < 1.29 is 4.42 Å². The summed E-state index contributed by atoms with van der Waals surface area (Å²) in [7, 11) is 1.94. The van der Waals surface area contributed by atoms with Gasteiger partial charge in [-0.1, -0.05) is 24.6 Å². The molecule has 1 atom stereocenters. The lowest BCUT2D eigenvalue weighted by molar-refractivity contribution is 0.431. The van der Waals surface area contributed by atoms with E-state index in [-0.39, 0.29) is 6.04 Å². The second kappa shape index (κ2) is 5.91. The molecule has 0 aliphatic rings. The van der Waals surface area contributed by atoms with E-state index in [1.807, 2.05) is 37.4 Å². The van der Waals surface area contributed by atoms with Crippen LogP contribution in [0, 0.1) is 0 Å². The van der Waals surface area contributed by atoms with Crippen molar-refractivity contribution in [3.63, 3.8) is 0 Å². The molecule has 0 fully saturated rings. The van der Waals surface area contributed by atoms with Gasteiger partial charge >= 0.3 is 0 Å². The summed E-state index contributed by atoms with van der Waals surface area (Å²) in [6.07, 6.45) is 0.986. The molecule has 4 heteroatoms. The van der Waals surface area contributed by atoms with Gasteiger partial charge in [-0.3, -0.25) is 0 Å². The first-order chi connectivity index (χ1) is 8.67. The molecule has 0 amide bonds. The number of benzene rings is 1. The van der Waals surface area contributed by atoms with Gasteiger partial charge in [-0.25, -0.2) is 0 Å². The van der Waals surface area contributed by atoms with Gasteiger partial charge in [0.05, 0.1) is 11.1 Å². The van der Waals surface area contributed by atoms with Gasteiger partial charge in [0.1, 0.15) is 11.5 Å². The highest BCUT2D eigenvalue weighted by molar-refractivity contribution is 9.10. The minimum Gasteiger partial charge on any atom is -0.459 e. The Morgan fingerprint density at radius 2 is 2.11 bits per heavy atom. The highest BCUT2D eigenvalue weighted by Gasteiger charge is 2.14. The van der Waals surface area contributed by atoms with E-state index in [1.165, 1.54) is 0 Å². The van der Waals surface area contributed by atoms with E-state index in [9.17, 15) is 0 Å². The summed E-state index contributed by atoms with van der Waals surface area (Å²) in [6, 6.07) is 9.98. The normalized spacial score (nSPS) is 12.7. The second-order valence-electron chi connectivity index (χ2n) is 4.05. The molecule has 2 nitrogen and oxygen atoms in total. The van der Waals surface area contributed by atoms with Crippen molar-refractivity contribution >= 4 is 27.5 Å². The summed E-state index contributed by atoms with van der Waals surface area (Å²) in [5.74, 6) is 1.77. The van der Waals surface area contributed by atoms with Crippen LogP contribution in [0.4, 0.5) is 0 Å². The topological polar surface area (TPSA) is 25.2 Å². The van der Waals surface area contributed by atoms with Gasteiger partial charge in [0.25, 0.3) is 0 Å². The zero-order chi connectivity index (χ0) is 13.1. The fraction of sp³-hybridized carbons (Fsp3) is 0.286. The molecule has 18 heavy (non-hydrogen) atoms. The third-order valence-corrected chi connectivity index (χ3v) is 4.34. The van der Waals surface area contributed by atoms with Crippen LogP contribution in [-0.4, -0.2) is 7.05 Å². The van der Waals surface area contributed by atoms with Crippen molar-refractivity contribution in [3.8, 4) is 11.3 Å². The Balaban J connectivity index is 2.38. The van der Waals surface area contributed by atoms with E-state index in [1.54, 1.807) is 0 Å². The Morgan fingerprint density at radius 1 is 1.33 bits per heavy atom. The highest BCUT2D eigenvalue weighted by atomic mass is 79.9. The SMILES string of the molecule is CCC(NC)c1ccc(-c2cccc(Cl)c2Br)o1. The monoisotopic (exact) mass is 327 g/mol. The molecular weight excluding hydrogens is 314 g/mol. The predicted octanol–water partition coefficient (Wildman–Crippen LogP) is 5.03. The summed E-state index contributed by atoms with van der Waals surface area (Å²) < 4.78 is 6.76. The third kappa shape index (κ3) is 2.63. The van der Waals surface area contributed by atoms with E-state index in [2.05, 4.69) is 28.2 Å². The molecule has 0 saturated heterocycles. The third-order valence-electron chi connectivity index (χ3n) is 2.94. The summed E-state index contributed by atoms with van der Waals surface area (Å²) in [5.41, 5.74) is 0.972. The number of rotatable bonds is 4. The van der Waals surface area contributed by atoms with Crippen LogP contribution >= 0.6 is 27.5 Å². The first-order valence-corrected chi connectivity index (χ1v) is 7.05. The fourth-order valence-electron chi connectivity index (χ4n) is 1.93. The molecule has 0 bridgehead atoms. The lowest BCUT2D eigenvalue weighted by Gasteiger charge is -2.10. The fourth-order valence-corrected chi connectivity index (χ4v) is 2.56. The van der Waals surface area contributed by atoms with E-state index in [0.717, 1.165) is 28.0 Å². The van der Waals surface area contributed by atoms with Crippen molar-refractivity contribution in [3.05, 3.63) is 45.6 Å². The van der Waals surface area contributed by atoms with Gasteiger partial charge in [0.2, 0.25) is 0 Å². The summed E-state index contributed by atoms with van der Waals surface area (Å²) >= 11 is 9.58. The van der Waals surface area contributed by atoms with Crippen molar-refractivity contribution in [1.29, 1.82) is 0 Å². The van der Waals surface area contributed by atoms with E-state index < -0.39 is 0 Å². The van der Waals surface area contributed by atoms with Gasteiger partial charge < -0.3 is 9.73 Å². The smallest absolute Gasteiger partial charge is 0.135 e. The number of hydrogen-bond acceptors (Lipinski definition) is 2. The average molecular weight is 329 g/mol. The van der Waals surface area contributed by atoms with Gasteiger partial charge in [-0.15, -0.1) is 0 Å². The standard InChI is InChI=1S/C14H15BrClNO/c1-3-11(17-2)13-8-7-12(18-13)9-5-4-6-10(16)14(9)15/h4-8,11,17H,3H2,1-2H3. The molecule has 1 heterocycles. The Labute approximate surface area is 120 Å². The van der Waals surface area contributed by atoms with Gasteiger partial charge in [-0.2, -0.15) is 0 Å².